The van der Waals surface area contributed by atoms with Crippen molar-refractivity contribution in [3.05, 3.63) is 74.8 Å². The van der Waals surface area contributed by atoms with Gasteiger partial charge in [0, 0.05) is 11.1 Å². The van der Waals surface area contributed by atoms with E-state index in [4.69, 9.17) is 23.7 Å². The second-order valence-corrected chi connectivity index (χ2v) is 8.67. The van der Waals surface area contributed by atoms with E-state index in [0.717, 1.165) is 16.7 Å². The SMILES string of the molecule is COc1cc(CO)c(/C=C/c2cc(CO)c(CO)c(OC)c2)c(OC)c1/C=C/c1cc(C)c(OC)c(OC)c1. The molecule has 0 aromatic heterocycles. The summed E-state index contributed by atoms with van der Waals surface area (Å²) >= 11 is 0. The summed E-state index contributed by atoms with van der Waals surface area (Å²) in [6, 6.07) is 9.19. The Hall–Kier alpha value is -3.98. The largest absolute Gasteiger partial charge is 0.496 e. The number of aliphatic hydroxyl groups excluding tert-OH is 3. The van der Waals surface area contributed by atoms with Gasteiger partial charge in [0.2, 0.25) is 0 Å². The Morgan fingerprint density at radius 1 is 0.538 bits per heavy atom. The van der Waals surface area contributed by atoms with Crippen molar-refractivity contribution in [1.29, 1.82) is 0 Å². The smallest absolute Gasteiger partial charge is 0.163 e. The van der Waals surface area contributed by atoms with Crippen LogP contribution in [-0.2, 0) is 19.8 Å². The summed E-state index contributed by atoms with van der Waals surface area (Å²) in [5.41, 5.74) is 5.63. The molecule has 0 aliphatic carbocycles. The minimum atomic E-state index is -0.251. The van der Waals surface area contributed by atoms with Gasteiger partial charge in [-0.25, -0.2) is 0 Å². The van der Waals surface area contributed by atoms with Crippen molar-refractivity contribution < 1.29 is 39.0 Å². The highest BCUT2D eigenvalue weighted by Crippen LogP contribution is 2.39. The van der Waals surface area contributed by atoms with Gasteiger partial charge in [-0.15, -0.1) is 0 Å². The van der Waals surface area contributed by atoms with Gasteiger partial charge in [-0.3, -0.25) is 0 Å². The molecule has 0 saturated carbocycles. The van der Waals surface area contributed by atoms with Gasteiger partial charge >= 0.3 is 0 Å². The predicted octanol–water partition coefficient (Wildman–Crippen LogP) is 4.86. The fourth-order valence-electron chi connectivity index (χ4n) is 4.54. The van der Waals surface area contributed by atoms with Gasteiger partial charge in [0.15, 0.2) is 11.5 Å². The van der Waals surface area contributed by atoms with Gasteiger partial charge in [0.1, 0.15) is 17.2 Å². The summed E-state index contributed by atoms with van der Waals surface area (Å²) in [5, 5.41) is 29.6. The minimum absolute atomic E-state index is 0.236. The molecule has 39 heavy (non-hydrogen) atoms. The Kier molecular flexibility index (Phi) is 10.4. The van der Waals surface area contributed by atoms with Crippen LogP contribution >= 0.6 is 0 Å². The first-order valence-electron chi connectivity index (χ1n) is 12.3. The summed E-state index contributed by atoms with van der Waals surface area (Å²) in [5.74, 6) is 2.84. The van der Waals surface area contributed by atoms with Crippen LogP contribution in [-0.4, -0.2) is 50.9 Å². The van der Waals surface area contributed by atoms with Gasteiger partial charge in [0.05, 0.1) is 60.9 Å². The van der Waals surface area contributed by atoms with Crippen molar-refractivity contribution in [3.8, 4) is 28.7 Å². The van der Waals surface area contributed by atoms with Crippen LogP contribution in [0.4, 0.5) is 0 Å². The number of ether oxygens (including phenoxy) is 5. The van der Waals surface area contributed by atoms with E-state index in [-0.39, 0.29) is 19.8 Å². The molecule has 0 amide bonds. The van der Waals surface area contributed by atoms with E-state index in [1.54, 1.807) is 46.6 Å². The summed E-state index contributed by atoms with van der Waals surface area (Å²) in [6.07, 6.45) is 7.47. The third kappa shape index (κ3) is 6.37. The first-order valence-corrected chi connectivity index (χ1v) is 12.3. The standard InChI is InChI=1S/C31H36O8/c1-19-11-20(14-29(37-4)30(19)38-5)8-10-25-28(36-3)15-23(17-33)24(31(25)39-6)9-7-21-12-22(16-32)26(18-34)27(13-21)35-2/h7-15,32-34H,16-18H2,1-6H3/b9-7+,10-8+. The Morgan fingerprint density at radius 3 is 1.64 bits per heavy atom. The van der Waals surface area contributed by atoms with Crippen molar-refractivity contribution in [1.82, 2.24) is 0 Å². The van der Waals surface area contributed by atoms with Crippen LogP contribution in [0.25, 0.3) is 24.3 Å². The maximum absolute atomic E-state index is 10.2. The average Bonchev–Trinajstić information content (AvgIpc) is 2.97. The van der Waals surface area contributed by atoms with Gasteiger partial charge in [-0.05, 0) is 71.1 Å². The molecule has 0 spiro atoms. The molecule has 3 aromatic carbocycles. The summed E-state index contributed by atoms with van der Waals surface area (Å²) in [7, 11) is 7.84. The van der Waals surface area contributed by atoms with Crippen LogP contribution in [0.5, 0.6) is 28.7 Å². The van der Waals surface area contributed by atoms with Gasteiger partial charge < -0.3 is 39.0 Å². The van der Waals surface area contributed by atoms with Crippen molar-refractivity contribution in [2.24, 2.45) is 0 Å². The molecular formula is C31H36O8. The Bertz CT molecular complexity index is 1330. The number of hydrogen-bond acceptors (Lipinski definition) is 8. The van der Waals surface area contributed by atoms with Crippen LogP contribution < -0.4 is 23.7 Å². The predicted molar refractivity (Wildman–Crippen MR) is 152 cm³/mol. The van der Waals surface area contributed by atoms with Gasteiger partial charge in [-0.2, -0.15) is 0 Å². The van der Waals surface area contributed by atoms with E-state index in [0.29, 0.717) is 56.6 Å². The molecule has 3 N–H and O–H groups in total. The summed E-state index contributed by atoms with van der Waals surface area (Å²) in [4.78, 5) is 0. The van der Waals surface area contributed by atoms with Crippen molar-refractivity contribution in [3.63, 3.8) is 0 Å². The number of methoxy groups -OCH3 is 5. The maximum Gasteiger partial charge on any atom is 0.163 e. The van der Waals surface area contributed by atoms with Crippen LogP contribution in [0.15, 0.2) is 30.3 Å². The minimum Gasteiger partial charge on any atom is -0.496 e. The highest BCUT2D eigenvalue weighted by molar-refractivity contribution is 5.84. The van der Waals surface area contributed by atoms with Crippen molar-refractivity contribution in [2.45, 2.75) is 26.7 Å². The average molecular weight is 537 g/mol. The molecular weight excluding hydrogens is 500 g/mol. The molecule has 0 fully saturated rings. The third-order valence-corrected chi connectivity index (χ3v) is 6.44. The number of aliphatic hydroxyl groups is 3. The monoisotopic (exact) mass is 536 g/mol. The fourth-order valence-corrected chi connectivity index (χ4v) is 4.54. The first kappa shape index (κ1) is 29.6. The zero-order valence-corrected chi connectivity index (χ0v) is 23.2. The Labute approximate surface area is 229 Å². The molecule has 8 nitrogen and oxygen atoms in total. The van der Waals surface area contributed by atoms with Crippen LogP contribution in [0.2, 0.25) is 0 Å². The molecule has 0 bridgehead atoms. The molecule has 8 heteroatoms. The maximum atomic E-state index is 10.2. The molecule has 208 valence electrons. The number of benzene rings is 3. The number of aryl methyl sites for hydroxylation is 1. The Morgan fingerprint density at radius 2 is 1.10 bits per heavy atom. The molecule has 0 unspecified atom stereocenters. The quantitative estimate of drug-likeness (QED) is 0.282. The summed E-state index contributed by atoms with van der Waals surface area (Å²) in [6.45, 7) is 1.22. The molecule has 3 aromatic rings. The van der Waals surface area contributed by atoms with Crippen LogP contribution in [0.1, 0.15) is 44.5 Å². The molecule has 0 radical (unpaired) electrons. The molecule has 3 rings (SSSR count). The van der Waals surface area contributed by atoms with E-state index in [1.807, 2.05) is 43.4 Å². The lowest BCUT2D eigenvalue weighted by molar-refractivity contribution is 0.254. The molecule has 0 aliphatic rings. The van der Waals surface area contributed by atoms with Crippen molar-refractivity contribution >= 4 is 24.3 Å². The van der Waals surface area contributed by atoms with Gasteiger partial charge in [0.25, 0.3) is 0 Å². The van der Waals surface area contributed by atoms with E-state index < -0.39 is 0 Å². The molecule has 0 aliphatic heterocycles. The number of rotatable bonds is 12. The van der Waals surface area contributed by atoms with Crippen LogP contribution in [0, 0.1) is 6.92 Å². The molecule has 0 atom stereocenters. The highest BCUT2D eigenvalue weighted by Gasteiger charge is 2.17. The van der Waals surface area contributed by atoms with E-state index >= 15 is 0 Å². The lowest BCUT2D eigenvalue weighted by atomic mass is 9.97. The molecule has 0 heterocycles. The molecule has 0 saturated heterocycles. The number of hydrogen-bond donors (Lipinski definition) is 3. The lowest BCUT2D eigenvalue weighted by Gasteiger charge is -2.17. The Balaban J connectivity index is 2.14. The summed E-state index contributed by atoms with van der Waals surface area (Å²) < 4.78 is 27.8. The van der Waals surface area contributed by atoms with Crippen LogP contribution in [0.3, 0.4) is 0 Å². The zero-order valence-electron chi connectivity index (χ0n) is 23.2. The third-order valence-electron chi connectivity index (χ3n) is 6.44. The topological polar surface area (TPSA) is 107 Å². The van der Waals surface area contributed by atoms with Gasteiger partial charge in [-0.1, -0.05) is 18.2 Å². The zero-order chi connectivity index (χ0) is 28.5. The van der Waals surface area contributed by atoms with E-state index in [1.165, 1.54) is 7.11 Å². The van der Waals surface area contributed by atoms with E-state index in [9.17, 15) is 15.3 Å². The lowest BCUT2D eigenvalue weighted by Crippen LogP contribution is -2.01. The highest BCUT2D eigenvalue weighted by atomic mass is 16.5. The fraction of sp³-hybridized carbons (Fsp3) is 0.290. The second-order valence-electron chi connectivity index (χ2n) is 8.67. The van der Waals surface area contributed by atoms with E-state index in [2.05, 4.69) is 0 Å². The first-order chi connectivity index (χ1) is 18.9. The second kappa shape index (κ2) is 13.7. The normalized spacial score (nSPS) is 11.3. The van der Waals surface area contributed by atoms with Crippen molar-refractivity contribution in [2.75, 3.05) is 35.5 Å².